The largest absolute Gasteiger partial charge is 0.436 e. The Kier molecular flexibility index (Phi) is 5.76. The van der Waals surface area contributed by atoms with Gasteiger partial charge in [0.25, 0.3) is 0 Å². The Morgan fingerprint density at radius 1 is 0.565 bits per heavy atom. The van der Waals surface area contributed by atoms with Crippen molar-refractivity contribution in [2.24, 2.45) is 14.1 Å². The minimum Gasteiger partial charge on any atom is -0.436 e. The number of aryl methyl sites for hydroxylation is 2. The summed E-state index contributed by atoms with van der Waals surface area (Å²) in [6, 6.07) is 33.5. The van der Waals surface area contributed by atoms with Gasteiger partial charge < -0.3 is 18.1 Å². The van der Waals surface area contributed by atoms with Crippen molar-refractivity contribution in [1.82, 2.24) is 33.6 Å². The normalized spacial score (nSPS) is 11.7. The Hall–Kier alpha value is -6.28. The molecule has 0 aliphatic rings. The number of rotatable bonds is 5. The molecule has 4 aromatic carbocycles. The third-order valence-electron chi connectivity index (χ3n) is 8.60. The molecule has 0 amide bonds. The number of imidazole rings is 2. The molecule has 0 N–H and O–H groups in total. The summed E-state index contributed by atoms with van der Waals surface area (Å²) in [5.74, 6) is 2.34. The highest BCUT2D eigenvalue weighted by Crippen LogP contribution is 2.38. The number of nitrogens with zero attached hydrogens (tertiary/aromatic N) is 7. The zero-order valence-electron chi connectivity index (χ0n) is 25.2. The number of benzene rings is 4. The van der Waals surface area contributed by atoms with Crippen LogP contribution in [0.15, 0.2) is 132 Å². The van der Waals surface area contributed by atoms with Crippen LogP contribution in [0.5, 0.6) is 0 Å². The number of para-hydroxylation sites is 1. The summed E-state index contributed by atoms with van der Waals surface area (Å²) >= 11 is 0. The number of hydrogen-bond acceptors (Lipinski definition) is 5. The van der Waals surface area contributed by atoms with Crippen LogP contribution in [0.25, 0.3) is 84.1 Å². The van der Waals surface area contributed by atoms with Gasteiger partial charge in [0.05, 0.1) is 16.7 Å². The molecule has 0 unspecified atom stereocenters. The van der Waals surface area contributed by atoms with Gasteiger partial charge in [0.15, 0.2) is 5.58 Å². The first-order valence-corrected chi connectivity index (χ1v) is 15.1. The van der Waals surface area contributed by atoms with Crippen LogP contribution in [-0.2, 0) is 14.1 Å². The smallest absolute Gasteiger partial charge is 0.227 e. The molecule has 5 heterocycles. The molecule has 0 fully saturated rings. The molecule has 220 valence electrons. The van der Waals surface area contributed by atoms with Crippen LogP contribution in [-0.4, -0.2) is 33.6 Å². The zero-order valence-corrected chi connectivity index (χ0v) is 25.2. The molecule has 0 saturated carbocycles. The fourth-order valence-corrected chi connectivity index (χ4v) is 6.41. The van der Waals surface area contributed by atoms with Crippen LogP contribution >= 0.6 is 0 Å². The predicted molar refractivity (Wildman–Crippen MR) is 181 cm³/mol. The highest BCUT2D eigenvalue weighted by atomic mass is 16.3. The van der Waals surface area contributed by atoms with Crippen LogP contribution in [0.3, 0.4) is 0 Å². The van der Waals surface area contributed by atoms with E-state index in [0.29, 0.717) is 5.89 Å². The minimum atomic E-state index is 0.571. The van der Waals surface area contributed by atoms with Gasteiger partial charge in [-0.25, -0.2) is 15.0 Å². The van der Waals surface area contributed by atoms with Gasteiger partial charge in [-0.15, -0.1) is 0 Å². The molecule has 9 rings (SSSR count). The van der Waals surface area contributed by atoms with E-state index in [2.05, 4.69) is 80.2 Å². The highest BCUT2D eigenvalue weighted by molar-refractivity contribution is 6.10. The van der Waals surface area contributed by atoms with Gasteiger partial charge in [0.1, 0.15) is 17.2 Å². The van der Waals surface area contributed by atoms with Crippen LogP contribution in [0.4, 0.5) is 0 Å². The molecule has 0 atom stereocenters. The van der Waals surface area contributed by atoms with Gasteiger partial charge >= 0.3 is 0 Å². The lowest BCUT2D eigenvalue weighted by molar-refractivity contribution is 0.620. The summed E-state index contributed by atoms with van der Waals surface area (Å²) < 4.78 is 12.7. The molecule has 0 radical (unpaired) electrons. The summed E-state index contributed by atoms with van der Waals surface area (Å²) in [4.78, 5) is 18.7. The highest BCUT2D eigenvalue weighted by Gasteiger charge is 2.18. The first-order valence-electron chi connectivity index (χ1n) is 15.1. The molecule has 9 aromatic rings. The maximum atomic E-state index is 6.38. The Labute approximate surface area is 263 Å². The lowest BCUT2D eigenvalue weighted by Crippen LogP contribution is -1.98. The molecule has 0 spiro atoms. The Morgan fingerprint density at radius 3 is 2.09 bits per heavy atom. The van der Waals surface area contributed by atoms with E-state index in [-0.39, 0.29) is 0 Å². The van der Waals surface area contributed by atoms with Crippen molar-refractivity contribution in [3.05, 3.63) is 128 Å². The van der Waals surface area contributed by atoms with Gasteiger partial charge in [-0.1, -0.05) is 30.3 Å². The summed E-state index contributed by atoms with van der Waals surface area (Å²) in [6.07, 6.45) is 9.36. The number of aromatic nitrogens is 7. The second-order valence-electron chi connectivity index (χ2n) is 11.5. The van der Waals surface area contributed by atoms with Crippen LogP contribution in [0.2, 0.25) is 0 Å². The molecular formula is C38H27N7O. The van der Waals surface area contributed by atoms with E-state index in [4.69, 9.17) is 9.40 Å². The lowest BCUT2D eigenvalue weighted by Gasteiger charge is -2.13. The molecule has 46 heavy (non-hydrogen) atoms. The van der Waals surface area contributed by atoms with Crippen molar-refractivity contribution < 1.29 is 4.42 Å². The first kappa shape index (κ1) is 26.2. The first-order chi connectivity index (χ1) is 22.6. The Balaban J connectivity index is 1.26. The van der Waals surface area contributed by atoms with Crippen molar-refractivity contribution in [2.45, 2.75) is 0 Å². The summed E-state index contributed by atoms with van der Waals surface area (Å²) in [6.45, 7) is 0. The van der Waals surface area contributed by atoms with Gasteiger partial charge in [-0.05, 0) is 66.7 Å². The third-order valence-corrected chi connectivity index (χ3v) is 8.60. The minimum absolute atomic E-state index is 0.571. The molecular weight excluding hydrogens is 570 g/mol. The maximum Gasteiger partial charge on any atom is 0.227 e. The molecule has 0 bridgehead atoms. The van der Waals surface area contributed by atoms with Crippen LogP contribution < -0.4 is 0 Å². The van der Waals surface area contributed by atoms with E-state index in [1.54, 1.807) is 6.20 Å². The molecule has 0 aliphatic heterocycles. The topological polar surface area (TPSA) is 79.5 Å². The van der Waals surface area contributed by atoms with E-state index >= 15 is 0 Å². The fourth-order valence-electron chi connectivity index (χ4n) is 6.41. The summed E-state index contributed by atoms with van der Waals surface area (Å²) in [5.41, 5.74) is 9.51. The fraction of sp³-hybridized carbons (Fsp3) is 0.0526. The van der Waals surface area contributed by atoms with Crippen molar-refractivity contribution in [3.63, 3.8) is 0 Å². The van der Waals surface area contributed by atoms with Crippen molar-refractivity contribution >= 4 is 32.9 Å². The zero-order chi connectivity index (χ0) is 30.8. The lowest BCUT2D eigenvalue weighted by atomic mass is 10.0. The van der Waals surface area contributed by atoms with E-state index < -0.39 is 0 Å². The van der Waals surface area contributed by atoms with Gasteiger partial charge in [-0.2, -0.15) is 0 Å². The maximum absolute atomic E-state index is 6.38. The third kappa shape index (κ3) is 4.15. The SMILES string of the molecule is Cn1ccnc1-c1cc(-c2ccccn2)cc(-n2c3ccccc3c3ccc(-c4nc5ccc(-c6nccn6C)cc5o4)cc32)c1. The Bertz CT molecular complexity index is 2570. The number of fused-ring (bicyclic) bond motifs is 4. The molecule has 8 nitrogen and oxygen atoms in total. The number of pyridine rings is 1. The molecule has 8 heteroatoms. The van der Waals surface area contributed by atoms with Crippen molar-refractivity contribution in [1.29, 1.82) is 0 Å². The van der Waals surface area contributed by atoms with Crippen LogP contribution in [0.1, 0.15) is 0 Å². The molecule has 0 saturated heterocycles. The van der Waals surface area contributed by atoms with Crippen molar-refractivity contribution in [2.75, 3.05) is 0 Å². The Morgan fingerprint density at radius 2 is 1.30 bits per heavy atom. The quantitative estimate of drug-likeness (QED) is 0.199. The second kappa shape index (κ2) is 10.1. The summed E-state index contributed by atoms with van der Waals surface area (Å²) in [5, 5.41) is 2.32. The molecule has 5 aromatic heterocycles. The molecule has 0 aliphatic carbocycles. The van der Waals surface area contributed by atoms with E-state index in [1.165, 1.54) is 5.39 Å². The number of hydrogen-bond donors (Lipinski definition) is 0. The second-order valence-corrected chi connectivity index (χ2v) is 11.5. The summed E-state index contributed by atoms with van der Waals surface area (Å²) in [7, 11) is 4.00. The predicted octanol–water partition coefficient (Wildman–Crippen LogP) is 8.45. The van der Waals surface area contributed by atoms with Gasteiger partial charge in [-0.3, -0.25) is 4.98 Å². The van der Waals surface area contributed by atoms with E-state index in [0.717, 1.165) is 72.8 Å². The van der Waals surface area contributed by atoms with Crippen LogP contribution in [0, 0.1) is 0 Å². The van der Waals surface area contributed by atoms with Gasteiger partial charge in [0.2, 0.25) is 5.89 Å². The monoisotopic (exact) mass is 597 g/mol. The standard InChI is InChI=1S/C38H27N7O/c1-43-17-15-40-36(43)24-11-13-32-35(23-24)46-38(42-32)25-10-12-30-29-7-3-4-9-33(29)45(34(30)22-25)28-20-26(31-8-5-6-14-39-31)19-27(21-28)37-41-16-18-44(37)2/h3-23H,1-2H3. The van der Waals surface area contributed by atoms with E-state index in [9.17, 15) is 0 Å². The van der Waals surface area contributed by atoms with E-state index in [1.807, 2.05) is 84.4 Å². The van der Waals surface area contributed by atoms with Crippen molar-refractivity contribution in [3.8, 4) is 51.2 Å². The average Bonchev–Trinajstić information content (AvgIpc) is 3.89. The average molecular weight is 598 g/mol. The van der Waals surface area contributed by atoms with Gasteiger partial charge in [0, 0.05) is 83.8 Å². The number of oxazole rings is 1.